The maximum absolute atomic E-state index is 10.2. The first-order chi connectivity index (χ1) is 3.72. The van der Waals surface area contributed by atoms with Gasteiger partial charge in [-0.1, -0.05) is 0 Å². The molecule has 0 aromatic carbocycles. The van der Waals surface area contributed by atoms with Gasteiger partial charge in [0.2, 0.25) is 11.8 Å². The smallest absolute Gasteiger partial charge is 0.750 e. The molecule has 0 saturated carbocycles. The van der Waals surface area contributed by atoms with Crippen LogP contribution in [-0.2, 0) is 9.59 Å². The summed E-state index contributed by atoms with van der Waals surface area (Å²) in [6, 6.07) is 0. The summed E-state index contributed by atoms with van der Waals surface area (Å²) in [5, 5.41) is 10.0. The van der Waals surface area contributed by atoms with Crippen LogP contribution in [0.2, 0.25) is 0 Å². The molecular formula is C4H4KNO3. The molecule has 1 aliphatic heterocycles. The van der Waals surface area contributed by atoms with Crippen LogP contribution < -0.4 is 51.4 Å². The van der Waals surface area contributed by atoms with E-state index in [-0.39, 0.29) is 69.3 Å². The number of carbonyl (C=O) groups excluding carboxylic acids is 2. The van der Waals surface area contributed by atoms with Crippen LogP contribution in [0.25, 0.3) is 0 Å². The van der Waals surface area contributed by atoms with Crippen LogP contribution >= 0.6 is 0 Å². The van der Waals surface area contributed by atoms with Gasteiger partial charge in [0.15, 0.2) is 0 Å². The largest absolute Gasteiger partial charge is 1.00 e. The number of hydroxylamine groups is 2. The number of carbonyl (C=O) groups is 2. The van der Waals surface area contributed by atoms with E-state index in [9.17, 15) is 14.8 Å². The van der Waals surface area contributed by atoms with Crippen LogP contribution in [0.15, 0.2) is 0 Å². The van der Waals surface area contributed by atoms with E-state index in [0.717, 1.165) is 0 Å². The third-order valence-corrected chi connectivity index (χ3v) is 1.01. The van der Waals surface area contributed by atoms with Crippen molar-refractivity contribution in [2.24, 2.45) is 0 Å². The molecule has 1 heterocycles. The molecule has 0 atom stereocenters. The molecule has 2 amide bonds. The van der Waals surface area contributed by atoms with E-state index in [0.29, 0.717) is 0 Å². The molecule has 1 rings (SSSR count). The minimum absolute atomic E-state index is 0. The van der Waals surface area contributed by atoms with Crippen molar-refractivity contribution < 1.29 is 61.0 Å². The van der Waals surface area contributed by atoms with Gasteiger partial charge in [0, 0.05) is 12.8 Å². The normalized spacial score (nSPS) is 18.1. The quantitative estimate of drug-likeness (QED) is 0.270. The number of rotatable bonds is 0. The van der Waals surface area contributed by atoms with Gasteiger partial charge in [-0.05, 0) is 0 Å². The minimum Gasteiger partial charge on any atom is -0.750 e. The molecule has 0 aliphatic carbocycles. The summed E-state index contributed by atoms with van der Waals surface area (Å²) in [6.07, 6.45) is 0.171. The molecule has 0 N–H and O–H groups in total. The predicted octanol–water partition coefficient (Wildman–Crippen LogP) is -3.36. The van der Waals surface area contributed by atoms with Gasteiger partial charge in [-0.25, -0.2) is 0 Å². The van der Waals surface area contributed by atoms with Crippen molar-refractivity contribution in [1.29, 1.82) is 0 Å². The summed E-state index contributed by atoms with van der Waals surface area (Å²) in [5.41, 5.74) is 0. The summed E-state index contributed by atoms with van der Waals surface area (Å²) in [4.78, 5) is 20.4. The molecule has 9 heavy (non-hydrogen) atoms. The van der Waals surface area contributed by atoms with E-state index in [2.05, 4.69) is 0 Å². The maximum atomic E-state index is 10.2. The molecule has 0 bridgehead atoms. The van der Waals surface area contributed by atoms with Crippen molar-refractivity contribution in [2.75, 3.05) is 0 Å². The van der Waals surface area contributed by atoms with Crippen molar-refractivity contribution in [3.05, 3.63) is 5.21 Å². The van der Waals surface area contributed by atoms with Gasteiger partial charge in [-0.2, -0.15) is 0 Å². The Morgan fingerprint density at radius 3 is 1.67 bits per heavy atom. The zero-order valence-corrected chi connectivity index (χ0v) is 8.21. The molecular weight excluding hydrogens is 149 g/mol. The first-order valence-electron chi connectivity index (χ1n) is 2.25. The fourth-order valence-corrected chi connectivity index (χ4v) is 0.556. The number of nitrogens with zero attached hydrogens (tertiary/aromatic N) is 1. The molecule has 0 spiro atoms. The molecule has 0 unspecified atom stereocenters. The fourth-order valence-electron chi connectivity index (χ4n) is 0.556. The second-order valence-electron chi connectivity index (χ2n) is 1.58. The number of hydrogen-bond acceptors (Lipinski definition) is 3. The summed E-state index contributed by atoms with van der Waals surface area (Å²) in [7, 11) is 0. The van der Waals surface area contributed by atoms with Crippen LogP contribution in [0, 0.1) is 5.21 Å². The van der Waals surface area contributed by atoms with Crippen molar-refractivity contribution >= 4 is 11.8 Å². The van der Waals surface area contributed by atoms with Crippen LogP contribution in [0.3, 0.4) is 0 Å². The Morgan fingerprint density at radius 1 is 1.22 bits per heavy atom. The summed E-state index contributed by atoms with van der Waals surface area (Å²) >= 11 is 0. The first-order valence-corrected chi connectivity index (χ1v) is 2.25. The monoisotopic (exact) mass is 153 g/mol. The molecule has 0 radical (unpaired) electrons. The Bertz CT molecular complexity index is 131. The number of amides is 2. The average Bonchev–Trinajstić information content (AvgIpc) is 1.98. The standard InChI is InChI=1S/C4H4NO3.K/c6-3-1-2-4(7)5(3)8;/h1-2H2;/q-1;+1. The van der Waals surface area contributed by atoms with E-state index in [1.165, 1.54) is 0 Å². The van der Waals surface area contributed by atoms with E-state index < -0.39 is 11.8 Å². The van der Waals surface area contributed by atoms with E-state index in [4.69, 9.17) is 0 Å². The Balaban J connectivity index is 0.000000640. The van der Waals surface area contributed by atoms with Crippen molar-refractivity contribution in [3.63, 3.8) is 0 Å². The zero-order chi connectivity index (χ0) is 6.15. The molecule has 1 saturated heterocycles. The predicted molar refractivity (Wildman–Crippen MR) is 24.5 cm³/mol. The van der Waals surface area contributed by atoms with Gasteiger partial charge in [0.05, 0.1) is 0 Å². The molecule has 5 heteroatoms. The Morgan fingerprint density at radius 2 is 1.56 bits per heavy atom. The summed E-state index contributed by atoms with van der Waals surface area (Å²) in [5.74, 6) is -1.23. The number of imide groups is 1. The average molecular weight is 153 g/mol. The summed E-state index contributed by atoms with van der Waals surface area (Å²) < 4.78 is 0. The Labute approximate surface area is 94.6 Å². The minimum atomic E-state index is -0.616. The zero-order valence-electron chi connectivity index (χ0n) is 5.09. The molecule has 1 aliphatic rings. The molecule has 0 aromatic heterocycles. The van der Waals surface area contributed by atoms with E-state index in [1.807, 2.05) is 0 Å². The van der Waals surface area contributed by atoms with Crippen LogP contribution in [0.1, 0.15) is 12.8 Å². The fraction of sp³-hybridized carbons (Fsp3) is 0.500. The van der Waals surface area contributed by atoms with Gasteiger partial charge in [0.1, 0.15) is 0 Å². The van der Waals surface area contributed by atoms with Crippen molar-refractivity contribution in [3.8, 4) is 0 Å². The topological polar surface area (TPSA) is 60.4 Å². The Hall–Kier alpha value is 0.736. The summed E-state index contributed by atoms with van der Waals surface area (Å²) in [6.45, 7) is 0. The third kappa shape index (κ3) is 2.10. The van der Waals surface area contributed by atoms with Gasteiger partial charge in [-0.3, -0.25) is 9.59 Å². The van der Waals surface area contributed by atoms with Crippen molar-refractivity contribution in [2.45, 2.75) is 12.8 Å². The second-order valence-corrected chi connectivity index (χ2v) is 1.58. The van der Waals surface area contributed by atoms with Gasteiger partial charge >= 0.3 is 51.4 Å². The second kappa shape index (κ2) is 3.80. The maximum Gasteiger partial charge on any atom is 1.00 e. The molecule has 1 fully saturated rings. The van der Waals surface area contributed by atoms with E-state index >= 15 is 0 Å². The SMILES string of the molecule is O=C1CCC(=O)N1[O-].[K+]. The van der Waals surface area contributed by atoms with Gasteiger partial charge in [0.25, 0.3) is 0 Å². The first kappa shape index (κ1) is 9.74. The third-order valence-electron chi connectivity index (χ3n) is 1.01. The molecule has 44 valence electrons. The van der Waals surface area contributed by atoms with Gasteiger partial charge in [-0.15, -0.1) is 0 Å². The van der Waals surface area contributed by atoms with Crippen LogP contribution in [0.5, 0.6) is 0 Å². The number of hydrogen-bond donors (Lipinski definition) is 0. The molecule has 4 nitrogen and oxygen atoms in total. The van der Waals surface area contributed by atoms with Crippen molar-refractivity contribution in [1.82, 2.24) is 5.06 Å². The van der Waals surface area contributed by atoms with Gasteiger partial charge < -0.3 is 10.3 Å². The van der Waals surface area contributed by atoms with E-state index in [1.54, 1.807) is 0 Å². The van der Waals surface area contributed by atoms with Crippen LogP contribution in [-0.4, -0.2) is 16.9 Å². The Kier molecular flexibility index (Phi) is 4.11. The molecule has 0 aromatic rings. The van der Waals surface area contributed by atoms with Crippen LogP contribution in [0.4, 0.5) is 0 Å².